The number of hydrogen-bond donors (Lipinski definition) is 1. The van der Waals surface area contributed by atoms with Crippen LogP contribution in [0.4, 0.5) is 0 Å². The minimum atomic E-state index is -0.790. The van der Waals surface area contributed by atoms with Crippen molar-refractivity contribution >= 4 is 11.8 Å². The van der Waals surface area contributed by atoms with Crippen LogP contribution < -0.4 is 4.74 Å². The van der Waals surface area contributed by atoms with Gasteiger partial charge in [0.15, 0.2) is 0 Å². The van der Waals surface area contributed by atoms with Gasteiger partial charge in [-0.3, -0.25) is 9.59 Å². The van der Waals surface area contributed by atoms with Crippen LogP contribution in [0.5, 0.6) is 11.5 Å². The number of Topliss-reactive ketones (excluding diaryl/α,β-unsaturated/α-hetero) is 1. The van der Waals surface area contributed by atoms with Crippen molar-refractivity contribution in [1.82, 2.24) is 0 Å². The van der Waals surface area contributed by atoms with E-state index in [9.17, 15) is 14.7 Å². The van der Waals surface area contributed by atoms with Crippen LogP contribution in [0.3, 0.4) is 0 Å². The van der Waals surface area contributed by atoms with Crippen molar-refractivity contribution in [3.8, 4) is 11.5 Å². The molecular weight excluding hydrogens is 484 g/mol. The molecule has 1 N–H and O–H groups in total. The summed E-state index contributed by atoms with van der Waals surface area (Å²) in [6, 6.07) is 3.46. The number of phenolic OH excluding ortho intramolecular Hbond substituents is 1. The molecule has 0 amide bonds. The Bertz CT molecular complexity index is 821. The molecule has 0 aliphatic rings. The number of hydrogen-bond acceptors (Lipinski definition) is 4. The summed E-state index contributed by atoms with van der Waals surface area (Å²) in [5, 5.41) is 10.9. The molecular formula is C35H60O4. The van der Waals surface area contributed by atoms with E-state index in [-0.39, 0.29) is 22.4 Å². The van der Waals surface area contributed by atoms with Crippen molar-refractivity contribution in [2.45, 2.75) is 169 Å². The fourth-order valence-electron chi connectivity index (χ4n) is 5.03. The smallest absolute Gasteiger partial charge is 0.321 e. The van der Waals surface area contributed by atoms with Crippen molar-refractivity contribution in [3.63, 3.8) is 0 Å². The van der Waals surface area contributed by atoms with Gasteiger partial charge in [-0.25, -0.2) is 0 Å². The number of rotatable bonds is 19. The van der Waals surface area contributed by atoms with E-state index in [4.69, 9.17) is 4.74 Å². The van der Waals surface area contributed by atoms with Gasteiger partial charge in [0, 0.05) is 17.5 Å². The fraction of sp³-hybridized carbons (Fsp3) is 0.771. The molecule has 4 nitrogen and oxygen atoms in total. The van der Waals surface area contributed by atoms with E-state index in [0.29, 0.717) is 12.2 Å². The monoisotopic (exact) mass is 544 g/mol. The predicted molar refractivity (Wildman–Crippen MR) is 165 cm³/mol. The van der Waals surface area contributed by atoms with Crippen LogP contribution in [0.2, 0.25) is 0 Å². The molecule has 0 aliphatic carbocycles. The summed E-state index contributed by atoms with van der Waals surface area (Å²) in [5.74, 6) is -0.736. The van der Waals surface area contributed by atoms with Crippen molar-refractivity contribution in [2.75, 3.05) is 0 Å². The van der Waals surface area contributed by atoms with Gasteiger partial charge in [-0.1, -0.05) is 138 Å². The van der Waals surface area contributed by atoms with Gasteiger partial charge in [0.1, 0.15) is 23.2 Å². The summed E-state index contributed by atoms with van der Waals surface area (Å²) < 4.78 is 5.68. The number of esters is 1. The Morgan fingerprint density at radius 3 is 1.41 bits per heavy atom. The highest BCUT2D eigenvalue weighted by Gasteiger charge is 2.29. The molecule has 0 radical (unpaired) electrons. The Hall–Kier alpha value is -1.84. The Morgan fingerprint density at radius 1 is 0.692 bits per heavy atom. The lowest BCUT2D eigenvalue weighted by Crippen LogP contribution is -2.26. The highest BCUT2D eigenvalue weighted by atomic mass is 16.5. The minimum absolute atomic E-state index is 0.0550. The third-order valence-electron chi connectivity index (χ3n) is 7.78. The number of carbonyl (C=O) groups excluding carboxylic acids is 2. The van der Waals surface area contributed by atoms with E-state index >= 15 is 0 Å². The van der Waals surface area contributed by atoms with Crippen LogP contribution in [0.15, 0.2) is 12.1 Å². The van der Waals surface area contributed by atoms with E-state index in [1.165, 1.54) is 77.0 Å². The molecule has 0 fully saturated rings. The van der Waals surface area contributed by atoms with Crippen LogP contribution in [0.25, 0.3) is 0 Å². The largest absolute Gasteiger partial charge is 0.507 e. The predicted octanol–water partition coefficient (Wildman–Crippen LogP) is 10.4. The second-order valence-corrected chi connectivity index (χ2v) is 13.7. The van der Waals surface area contributed by atoms with Crippen LogP contribution in [0.1, 0.15) is 169 Å². The molecule has 0 saturated carbocycles. The highest BCUT2D eigenvalue weighted by Crippen LogP contribution is 2.41. The third-order valence-corrected chi connectivity index (χ3v) is 7.78. The number of ether oxygens (including phenoxy) is 1. The molecule has 0 heterocycles. The number of unbranched alkanes of at least 4 members (excludes halogenated alkanes) is 14. The fourth-order valence-corrected chi connectivity index (χ4v) is 5.03. The molecule has 1 unspecified atom stereocenters. The van der Waals surface area contributed by atoms with Crippen molar-refractivity contribution in [2.24, 2.45) is 5.92 Å². The maximum atomic E-state index is 12.8. The average Bonchev–Trinajstić information content (AvgIpc) is 2.85. The summed E-state index contributed by atoms with van der Waals surface area (Å²) in [6.07, 6.45) is 19.7. The average molecular weight is 545 g/mol. The van der Waals surface area contributed by atoms with Crippen LogP contribution in [-0.2, 0) is 20.4 Å². The molecule has 0 bridgehead atoms. The molecule has 1 aromatic rings. The van der Waals surface area contributed by atoms with Crippen LogP contribution in [0, 0.1) is 5.92 Å². The summed E-state index contributed by atoms with van der Waals surface area (Å²) in [7, 11) is 0. The molecule has 1 rings (SSSR count). The Morgan fingerprint density at radius 2 is 1.05 bits per heavy atom. The number of aromatic hydroxyl groups is 1. The van der Waals surface area contributed by atoms with Crippen LogP contribution >= 0.6 is 0 Å². The Kier molecular flexibility index (Phi) is 16.0. The van der Waals surface area contributed by atoms with Gasteiger partial charge in [-0.2, -0.15) is 0 Å². The first-order chi connectivity index (χ1) is 18.3. The SMILES string of the molecule is CCCCCCCCCCCCCCCCCC(=O)C(C)C(=O)Oc1cc(C(C)(C)C)c(O)c(C(C)(C)C)c1. The van der Waals surface area contributed by atoms with Gasteiger partial charge in [-0.05, 0) is 36.3 Å². The summed E-state index contributed by atoms with van der Waals surface area (Å²) >= 11 is 0. The maximum absolute atomic E-state index is 12.8. The Labute approximate surface area is 240 Å². The zero-order valence-electron chi connectivity index (χ0n) is 26.7. The first-order valence-corrected chi connectivity index (χ1v) is 15.9. The topological polar surface area (TPSA) is 63.6 Å². The van der Waals surface area contributed by atoms with Gasteiger partial charge in [0.2, 0.25) is 0 Å². The summed E-state index contributed by atoms with van der Waals surface area (Å²) in [5.41, 5.74) is 0.826. The molecule has 0 saturated heterocycles. The lowest BCUT2D eigenvalue weighted by Gasteiger charge is -2.28. The minimum Gasteiger partial charge on any atom is -0.507 e. The van der Waals surface area contributed by atoms with Gasteiger partial charge < -0.3 is 9.84 Å². The van der Waals surface area contributed by atoms with Gasteiger partial charge in [-0.15, -0.1) is 0 Å². The van der Waals surface area contributed by atoms with Crippen LogP contribution in [-0.4, -0.2) is 16.9 Å². The van der Waals surface area contributed by atoms with Gasteiger partial charge in [0.25, 0.3) is 0 Å². The first-order valence-electron chi connectivity index (χ1n) is 15.9. The third kappa shape index (κ3) is 13.9. The molecule has 1 atom stereocenters. The van der Waals surface area contributed by atoms with Gasteiger partial charge in [0.05, 0.1) is 0 Å². The molecule has 4 heteroatoms. The molecule has 0 aromatic heterocycles. The normalized spacial score (nSPS) is 12.9. The zero-order valence-corrected chi connectivity index (χ0v) is 26.7. The van der Waals surface area contributed by atoms with Gasteiger partial charge >= 0.3 is 5.97 Å². The lowest BCUT2D eigenvalue weighted by molar-refractivity contribution is -0.143. The van der Waals surface area contributed by atoms with E-state index in [1.54, 1.807) is 19.1 Å². The molecule has 224 valence electrons. The van der Waals surface area contributed by atoms with E-state index in [0.717, 1.165) is 30.4 Å². The van der Waals surface area contributed by atoms with Crippen molar-refractivity contribution in [1.29, 1.82) is 0 Å². The first kappa shape index (κ1) is 35.2. The second-order valence-electron chi connectivity index (χ2n) is 13.7. The number of carbonyl (C=O) groups is 2. The summed E-state index contributed by atoms with van der Waals surface area (Å²) in [6.45, 7) is 16.0. The van der Waals surface area contributed by atoms with Crippen molar-refractivity contribution < 1.29 is 19.4 Å². The molecule has 1 aromatic carbocycles. The van der Waals surface area contributed by atoms with Crippen molar-refractivity contribution in [3.05, 3.63) is 23.3 Å². The highest BCUT2D eigenvalue weighted by molar-refractivity contribution is 5.99. The summed E-state index contributed by atoms with van der Waals surface area (Å²) in [4.78, 5) is 25.5. The number of phenols is 1. The maximum Gasteiger partial charge on any atom is 0.321 e. The molecule has 39 heavy (non-hydrogen) atoms. The molecule has 0 aliphatic heterocycles. The number of benzene rings is 1. The Balaban J connectivity index is 2.34. The van der Waals surface area contributed by atoms with E-state index < -0.39 is 11.9 Å². The standard InChI is InChI=1S/C35H60O4/c1-9-10-11-12-13-14-15-16-17-18-19-20-21-22-23-24-31(36)27(2)33(38)39-28-25-29(34(3,4)5)32(37)30(26-28)35(6,7)8/h25-27,37H,9-24H2,1-8H3. The lowest BCUT2D eigenvalue weighted by atomic mass is 9.79. The quantitative estimate of drug-likeness (QED) is 0.0814. The number of ketones is 1. The second kappa shape index (κ2) is 17.8. The van der Waals surface area contributed by atoms with E-state index in [1.807, 2.05) is 41.5 Å². The molecule has 0 spiro atoms. The zero-order chi connectivity index (χ0) is 29.5. The van der Waals surface area contributed by atoms with E-state index in [2.05, 4.69) is 6.92 Å².